The Labute approximate surface area is 164 Å². The summed E-state index contributed by atoms with van der Waals surface area (Å²) < 4.78 is 32.6. The summed E-state index contributed by atoms with van der Waals surface area (Å²) in [4.78, 5) is 14.9. The number of carbonyl (C=O) groups excluding carboxylic acids is 1. The molecule has 0 aromatic heterocycles. The van der Waals surface area contributed by atoms with E-state index < -0.39 is 17.4 Å². The van der Waals surface area contributed by atoms with Gasteiger partial charge < -0.3 is 9.64 Å². The molecule has 2 aromatic rings. The lowest BCUT2D eigenvalue weighted by Gasteiger charge is -2.26. The van der Waals surface area contributed by atoms with Crippen LogP contribution in [0.1, 0.15) is 41.6 Å². The normalized spacial score (nSPS) is 14.4. The van der Waals surface area contributed by atoms with Crippen LogP contribution in [0.2, 0.25) is 0 Å². The van der Waals surface area contributed by atoms with Crippen molar-refractivity contribution in [2.75, 3.05) is 26.2 Å². The molecule has 1 fully saturated rings. The standard InChI is InChI=1S/C21H23F2NO2.ClH/c22-17-8-9-19(20(23)15-17)21(25)16-6-4-7-18(14-16)26-13-5-12-24-10-2-1-3-11-24;/h4,6-9,14-15H,1-3,5,10-13H2;1H. The number of hydrogen-bond donors (Lipinski definition) is 0. The van der Waals surface area contributed by atoms with E-state index in [0.717, 1.165) is 32.1 Å². The average molecular weight is 396 g/mol. The third-order valence-corrected chi connectivity index (χ3v) is 4.61. The lowest BCUT2D eigenvalue weighted by atomic mass is 10.0. The lowest BCUT2D eigenvalue weighted by Crippen LogP contribution is -2.31. The van der Waals surface area contributed by atoms with E-state index in [1.54, 1.807) is 24.3 Å². The zero-order chi connectivity index (χ0) is 18.4. The van der Waals surface area contributed by atoms with Crippen molar-refractivity contribution >= 4 is 18.2 Å². The largest absolute Gasteiger partial charge is 0.494 e. The van der Waals surface area contributed by atoms with Crippen molar-refractivity contribution in [3.63, 3.8) is 0 Å². The molecule has 0 saturated carbocycles. The van der Waals surface area contributed by atoms with E-state index in [-0.39, 0.29) is 18.0 Å². The van der Waals surface area contributed by atoms with E-state index in [9.17, 15) is 13.6 Å². The molecular weight excluding hydrogens is 372 g/mol. The summed E-state index contributed by atoms with van der Waals surface area (Å²) in [7, 11) is 0. The first-order chi connectivity index (χ1) is 12.6. The van der Waals surface area contributed by atoms with E-state index in [4.69, 9.17) is 4.74 Å². The summed E-state index contributed by atoms with van der Waals surface area (Å²) in [6, 6.07) is 9.65. The highest BCUT2D eigenvalue weighted by atomic mass is 35.5. The predicted octanol–water partition coefficient (Wildman–Crippen LogP) is 4.87. The van der Waals surface area contributed by atoms with E-state index in [1.165, 1.54) is 25.3 Å². The van der Waals surface area contributed by atoms with E-state index >= 15 is 0 Å². The van der Waals surface area contributed by atoms with Crippen molar-refractivity contribution in [3.05, 3.63) is 65.2 Å². The number of piperidine rings is 1. The second-order valence-electron chi connectivity index (χ2n) is 6.59. The topological polar surface area (TPSA) is 29.5 Å². The molecule has 3 nitrogen and oxygen atoms in total. The summed E-state index contributed by atoms with van der Waals surface area (Å²) in [5.41, 5.74) is 0.178. The Kier molecular flexibility index (Phi) is 8.20. The molecule has 0 N–H and O–H groups in total. The first-order valence-corrected chi connectivity index (χ1v) is 9.08. The number of carbonyl (C=O) groups is 1. The van der Waals surface area contributed by atoms with Gasteiger partial charge in [-0.15, -0.1) is 12.4 Å². The van der Waals surface area contributed by atoms with Crippen LogP contribution in [0.25, 0.3) is 0 Å². The minimum absolute atomic E-state index is 0. The number of nitrogens with zero attached hydrogens (tertiary/aromatic N) is 1. The molecule has 1 aliphatic heterocycles. The quantitative estimate of drug-likeness (QED) is 0.494. The molecule has 0 atom stereocenters. The highest BCUT2D eigenvalue weighted by molar-refractivity contribution is 6.09. The first kappa shape index (κ1) is 21.3. The van der Waals surface area contributed by atoms with Crippen LogP contribution in [0, 0.1) is 11.6 Å². The fourth-order valence-corrected chi connectivity index (χ4v) is 3.22. The van der Waals surface area contributed by atoms with Crippen LogP contribution in [0.3, 0.4) is 0 Å². The van der Waals surface area contributed by atoms with Crippen LogP contribution < -0.4 is 4.74 Å². The number of hydrogen-bond acceptors (Lipinski definition) is 3. The smallest absolute Gasteiger partial charge is 0.196 e. The minimum atomic E-state index is -0.858. The van der Waals surface area contributed by atoms with Crippen LogP contribution in [-0.4, -0.2) is 36.9 Å². The SMILES string of the molecule is Cl.O=C(c1cccc(OCCCN2CCCCC2)c1)c1ccc(F)cc1F. The van der Waals surface area contributed by atoms with Gasteiger partial charge in [-0.2, -0.15) is 0 Å². The number of likely N-dealkylation sites (tertiary alicyclic amines) is 1. The maximum Gasteiger partial charge on any atom is 0.196 e. The number of ketones is 1. The summed E-state index contributed by atoms with van der Waals surface area (Å²) in [5, 5.41) is 0. The van der Waals surface area contributed by atoms with Gasteiger partial charge >= 0.3 is 0 Å². The molecule has 0 unspecified atom stereocenters. The van der Waals surface area contributed by atoms with Crippen LogP contribution in [0.15, 0.2) is 42.5 Å². The van der Waals surface area contributed by atoms with Gasteiger partial charge in [-0.3, -0.25) is 4.79 Å². The molecule has 1 aliphatic rings. The molecule has 27 heavy (non-hydrogen) atoms. The molecule has 1 heterocycles. The summed E-state index contributed by atoms with van der Waals surface area (Å²) in [6.07, 6.45) is 4.78. The molecule has 0 spiro atoms. The number of benzene rings is 2. The van der Waals surface area contributed by atoms with Crippen molar-refractivity contribution in [1.82, 2.24) is 4.90 Å². The maximum atomic E-state index is 13.8. The van der Waals surface area contributed by atoms with Gasteiger partial charge in [0.2, 0.25) is 0 Å². The predicted molar refractivity (Wildman–Crippen MR) is 104 cm³/mol. The summed E-state index contributed by atoms with van der Waals surface area (Å²) in [5.74, 6) is -1.47. The molecule has 1 saturated heterocycles. The number of rotatable bonds is 7. The average Bonchev–Trinajstić information content (AvgIpc) is 2.66. The van der Waals surface area contributed by atoms with E-state index in [2.05, 4.69) is 4.90 Å². The van der Waals surface area contributed by atoms with Gasteiger partial charge in [0, 0.05) is 18.2 Å². The van der Waals surface area contributed by atoms with Crippen LogP contribution in [0.5, 0.6) is 5.75 Å². The molecule has 3 rings (SSSR count). The zero-order valence-electron chi connectivity index (χ0n) is 15.1. The zero-order valence-corrected chi connectivity index (χ0v) is 15.9. The van der Waals surface area contributed by atoms with Gasteiger partial charge in [-0.05, 0) is 56.6 Å². The van der Waals surface area contributed by atoms with E-state index in [0.29, 0.717) is 24.0 Å². The van der Waals surface area contributed by atoms with Crippen LogP contribution in [0.4, 0.5) is 8.78 Å². The third kappa shape index (κ3) is 6.01. The van der Waals surface area contributed by atoms with Gasteiger partial charge in [0.15, 0.2) is 5.78 Å². The Morgan fingerprint density at radius 2 is 1.81 bits per heavy atom. The van der Waals surface area contributed by atoms with Crippen molar-refractivity contribution in [2.45, 2.75) is 25.7 Å². The molecule has 6 heteroatoms. The van der Waals surface area contributed by atoms with Crippen molar-refractivity contribution in [1.29, 1.82) is 0 Å². The molecule has 0 bridgehead atoms. The lowest BCUT2D eigenvalue weighted by molar-refractivity contribution is 0.103. The first-order valence-electron chi connectivity index (χ1n) is 9.08. The summed E-state index contributed by atoms with van der Waals surface area (Å²) >= 11 is 0. The van der Waals surface area contributed by atoms with Gasteiger partial charge in [-0.25, -0.2) is 8.78 Å². The second-order valence-corrected chi connectivity index (χ2v) is 6.59. The van der Waals surface area contributed by atoms with Crippen LogP contribution >= 0.6 is 12.4 Å². The Bertz CT molecular complexity index is 764. The minimum Gasteiger partial charge on any atom is -0.494 e. The molecule has 0 radical (unpaired) electrons. The highest BCUT2D eigenvalue weighted by Gasteiger charge is 2.15. The Balaban J connectivity index is 0.00000261. The van der Waals surface area contributed by atoms with Crippen molar-refractivity contribution in [3.8, 4) is 5.75 Å². The van der Waals surface area contributed by atoms with Crippen molar-refractivity contribution in [2.24, 2.45) is 0 Å². The van der Waals surface area contributed by atoms with Gasteiger partial charge in [-0.1, -0.05) is 18.6 Å². The number of halogens is 3. The van der Waals surface area contributed by atoms with Gasteiger partial charge in [0.25, 0.3) is 0 Å². The van der Waals surface area contributed by atoms with Crippen LogP contribution in [-0.2, 0) is 0 Å². The fourth-order valence-electron chi connectivity index (χ4n) is 3.22. The monoisotopic (exact) mass is 395 g/mol. The third-order valence-electron chi connectivity index (χ3n) is 4.61. The molecule has 146 valence electrons. The summed E-state index contributed by atoms with van der Waals surface area (Å²) in [6.45, 7) is 3.90. The molecule has 0 aliphatic carbocycles. The van der Waals surface area contributed by atoms with Gasteiger partial charge in [0.1, 0.15) is 17.4 Å². The second kappa shape index (κ2) is 10.4. The number of ether oxygens (including phenoxy) is 1. The maximum absolute atomic E-state index is 13.8. The molecule has 0 amide bonds. The molecular formula is C21H24ClF2NO2. The Morgan fingerprint density at radius 1 is 1.04 bits per heavy atom. The molecule has 2 aromatic carbocycles. The van der Waals surface area contributed by atoms with E-state index in [1.807, 2.05) is 0 Å². The van der Waals surface area contributed by atoms with Crippen molar-refractivity contribution < 1.29 is 18.3 Å². The van der Waals surface area contributed by atoms with Gasteiger partial charge in [0.05, 0.1) is 12.2 Å². The Hall–Kier alpha value is -1.98. The Morgan fingerprint density at radius 3 is 2.56 bits per heavy atom. The fraction of sp³-hybridized carbons (Fsp3) is 0.381. The highest BCUT2D eigenvalue weighted by Crippen LogP contribution is 2.19.